The monoisotopic (exact) mass is 249 g/mol. The molecule has 1 atom stereocenters. The van der Waals surface area contributed by atoms with E-state index in [1.165, 1.54) is 0 Å². The summed E-state index contributed by atoms with van der Waals surface area (Å²) < 4.78 is 5.46. The second-order valence-electron chi connectivity index (χ2n) is 3.57. The molecule has 0 saturated heterocycles. The van der Waals surface area contributed by atoms with Crippen LogP contribution in [0.5, 0.6) is 5.88 Å². The minimum Gasteiger partial charge on any atom is -0.476 e. The van der Waals surface area contributed by atoms with Gasteiger partial charge in [-0.15, -0.1) is 11.3 Å². The molecule has 0 saturated carbocycles. The van der Waals surface area contributed by atoms with Gasteiger partial charge in [0.25, 0.3) is 0 Å². The van der Waals surface area contributed by atoms with Crippen LogP contribution >= 0.6 is 11.3 Å². The number of rotatable bonds is 5. The Balaban J connectivity index is 2.12. The van der Waals surface area contributed by atoms with Crippen molar-refractivity contribution >= 4 is 17.0 Å². The minimum atomic E-state index is 0.143. The van der Waals surface area contributed by atoms with Gasteiger partial charge in [0.15, 0.2) is 0 Å². The van der Waals surface area contributed by atoms with Crippen LogP contribution in [0, 0.1) is 0 Å². The fraction of sp³-hybridized carbons (Fsp3) is 0.333. The molecule has 1 N–H and O–H groups in total. The third-order valence-corrected chi connectivity index (χ3v) is 2.92. The van der Waals surface area contributed by atoms with E-state index in [1.54, 1.807) is 17.5 Å². The number of hydrogen-bond donors (Lipinski definition) is 1. The lowest BCUT2D eigenvalue weighted by atomic mass is 10.2. The molecule has 0 aliphatic rings. The number of nitrogens with zero attached hydrogens (tertiary/aromatic N) is 2. The van der Waals surface area contributed by atoms with Crippen molar-refractivity contribution in [2.45, 2.75) is 19.9 Å². The minimum absolute atomic E-state index is 0.143. The number of pyridine rings is 1. The number of hydrogen-bond acceptors (Lipinski definition) is 5. The summed E-state index contributed by atoms with van der Waals surface area (Å²) in [5.74, 6) is 0.636. The number of thiazole rings is 1. The fourth-order valence-corrected chi connectivity index (χ4v) is 2.14. The van der Waals surface area contributed by atoms with Crippen LogP contribution in [0.2, 0.25) is 0 Å². The molecular weight excluding hydrogens is 234 g/mol. The van der Waals surface area contributed by atoms with Crippen LogP contribution in [0.1, 0.15) is 25.6 Å². The van der Waals surface area contributed by atoms with Crippen LogP contribution in [0.3, 0.4) is 0 Å². The smallest absolute Gasteiger partial charge is 0.237 e. The summed E-state index contributed by atoms with van der Waals surface area (Å²) in [6, 6.07) is 3.99. The Morgan fingerprint density at radius 3 is 3.06 bits per heavy atom. The molecule has 0 amide bonds. The summed E-state index contributed by atoms with van der Waals surface area (Å²) in [5, 5.41) is 5.39. The van der Waals surface area contributed by atoms with Gasteiger partial charge in [-0.3, -0.25) is 0 Å². The van der Waals surface area contributed by atoms with Crippen molar-refractivity contribution in [2.24, 2.45) is 0 Å². The van der Waals surface area contributed by atoms with Gasteiger partial charge in [-0.1, -0.05) is 0 Å². The molecule has 2 aromatic rings. The molecule has 90 valence electrons. The van der Waals surface area contributed by atoms with Gasteiger partial charge in [0.2, 0.25) is 5.88 Å². The lowest BCUT2D eigenvalue weighted by Gasteiger charge is -2.15. The van der Waals surface area contributed by atoms with E-state index in [4.69, 9.17) is 4.74 Å². The van der Waals surface area contributed by atoms with Crippen molar-refractivity contribution < 1.29 is 4.74 Å². The Kier molecular flexibility index (Phi) is 3.93. The molecule has 4 nitrogen and oxygen atoms in total. The summed E-state index contributed by atoms with van der Waals surface area (Å²) in [4.78, 5) is 8.48. The standard InChI is InChI=1S/C12H15N3OS/c1-3-16-12-10(5-4-6-13-12)15-9(2)11-7-17-8-14-11/h4-9,15H,3H2,1-2H3. The van der Waals surface area contributed by atoms with Crippen molar-refractivity contribution in [1.82, 2.24) is 9.97 Å². The Labute approximate surface area is 105 Å². The van der Waals surface area contributed by atoms with E-state index in [2.05, 4.69) is 22.2 Å². The van der Waals surface area contributed by atoms with Crippen molar-refractivity contribution in [3.8, 4) is 5.88 Å². The Morgan fingerprint density at radius 2 is 2.35 bits per heavy atom. The first-order valence-corrected chi connectivity index (χ1v) is 6.48. The number of nitrogens with one attached hydrogen (secondary N) is 1. The van der Waals surface area contributed by atoms with Crippen molar-refractivity contribution in [3.05, 3.63) is 34.9 Å². The maximum Gasteiger partial charge on any atom is 0.237 e. The average Bonchev–Trinajstić information content (AvgIpc) is 2.85. The maximum absolute atomic E-state index is 5.46. The first kappa shape index (κ1) is 11.9. The summed E-state index contributed by atoms with van der Waals surface area (Å²) in [5.41, 5.74) is 3.76. The maximum atomic E-state index is 5.46. The summed E-state index contributed by atoms with van der Waals surface area (Å²) >= 11 is 1.59. The van der Waals surface area contributed by atoms with Gasteiger partial charge in [0.05, 0.1) is 29.5 Å². The average molecular weight is 249 g/mol. The van der Waals surface area contributed by atoms with Gasteiger partial charge in [-0.05, 0) is 26.0 Å². The molecule has 2 heterocycles. The van der Waals surface area contributed by atoms with E-state index in [0.717, 1.165) is 11.4 Å². The van der Waals surface area contributed by atoms with Crippen LogP contribution < -0.4 is 10.1 Å². The first-order chi connectivity index (χ1) is 8.31. The molecular formula is C12H15N3OS. The van der Waals surface area contributed by atoms with E-state index < -0.39 is 0 Å². The van der Waals surface area contributed by atoms with Gasteiger partial charge < -0.3 is 10.1 Å². The van der Waals surface area contributed by atoms with Gasteiger partial charge in [0.1, 0.15) is 0 Å². The van der Waals surface area contributed by atoms with Gasteiger partial charge in [0, 0.05) is 11.6 Å². The van der Waals surface area contributed by atoms with Gasteiger partial charge >= 0.3 is 0 Å². The third kappa shape index (κ3) is 2.94. The summed E-state index contributed by atoms with van der Waals surface area (Å²) in [6.45, 7) is 4.62. The van der Waals surface area contributed by atoms with E-state index in [9.17, 15) is 0 Å². The second kappa shape index (κ2) is 5.63. The normalized spacial score (nSPS) is 12.1. The highest BCUT2D eigenvalue weighted by molar-refractivity contribution is 7.07. The second-order valence-corrected chi connectivity index (χ2v) is 4.29. The fourth-order valence-electron chi connectivity index (χ4n) is 1.50. The molecule has 1 unspecified atom stereocenters. The molecule has 5 heteroatoms. The molecule has 0 bridgehead atoms. The molecule has 2 aromatic heterocycles. The number of anilines is 1. The Hall–Kier alpha value is -1.62. The predicted octanol–water partition coefficient (Wildman–Crippen LogP) is 3.11. The Morgan fingerprint density at radius 1 is 1.47 bits per heavy atom. The topological polar surface area (TPSA) is 47.0 Å². The zero-order valence-electron chi connectivity index (χ0n) is 9.88. The SMILES string of the molecule is CCOc1ncccc1NC(C)c1cscn1. The van der Waals surface area contributed by atoms with E-state index in [0.29, 0.717) is 12.5 Å². The lowest BCUT2D eigenvalue weighted by Crippen LogP contribution is -2.09. The zero-order chi connectivity index (χ0) is 12.1. The molecule has 0 aliphatic heterocycles. The van der Waals surface area contributed by atoms with Gasteiger partial charge in [-0.2, -0.15) is 0 Å². The zero-order valence-corrected chi connectivity index (χ0v) is 10.7. The van der Waals surface area contributed by atoms with Crippen LogP contribution in [-0.4, -0.2) is 16.6 Å². The Bertz CT molecular complexity index is 459. The molecule has 2 rings (SSSR count). The van der Waals surface area contributed by atoms with Gasteiger partial charge in [-0.25, -0.2) is 9.97 Å². The van der Waals surface area contributed by atoms with Crippen LogP contribution in [0.25, 0.3) is 0 Å². The highest BCUT2D eigenvalue weighted by atomic mass is 32.1. The van der Waals surface area contributed by atoms with E-state index >= 15 is 0 Å². The van der Waals surface area contributed by atoms with Crippen molar-refractivity contribution in [3.63, 3.8) is 0 Å². The van der Waals surface area contributed by atoms with E-state index in [-0.39, 0.29) is 6.04 Å². The van der Waals surface area contributed by atoms with Crippen molar-refractivity contribution in [1.29, 1.82) is 0 Å². The number of aromatic nitrogens is 2. The molecule has 0 aliphatic carbocycles. The number of ether oxygens (including phenoxy) is 1. The largest absolute Gasteiger partial charge is 0.476 e. The van der Waals surface area contributed by atoms with E-state index in [1.807, 2.05) is 29.9 Å². The quantitative estimate of drug-likeness (QED) is 0.884. The van der Waals surface area contributed by atoms with Crippen molar-refractivity contribution in [2.75, 3.05) is 11.9 Å². The summed E-state index contributed by atoms with van der Waals surface area (Å²) in [7, 11) is 0. The van der Waals surface area contributed by atoms with Crippen LogP contribution in [-0.2, 0) is 0 Å². The third-order valence-electron chi connectivity index (χ3n) is 2.32. The first-order valence-electron chi connectivity index (χ1n) is 5.53. The molecule has 0 spiro atoms. The molecule has 0 radical (unpaired) electrons. The van der Waals surface area contributed by atoms with Crippen LogP contribution in [0.4, 0.5) is 5.69 Å². The molecule has 0 aromatic carbocycles. The predicted molar refractivity (Wildman–Crippen MR) is 69.6 cm³/mol. The molecule has 0 fully saturated rings. The molecule has 17 heavy (non-hydrogen) atoms. The summed E-state index contributed by atoms with van der Waals surface area (Å²) in [6.07, 6.45) is 1.73. The lowest BCUT2D eigenvalue weighted by molar-refractivity contribution is 0.328. The highest BCUT2D eigenvalue weighted by Crippen LogP contribution is 2.25. The van der Waals surface area contributed by atoms with Crippen LogP contribution in [0.15, 0.2) is 29.2 Å². The highest BCUT2D eigenvalue weighted by Gasteiger charge is 2.10.